The molecular formula is C12H15N5O3S. The summed E-state index contributed by atoms with van der Waals surface area (Å²) in [5.41, 5.74) is 6.14. The molecule has 9 heteroatoms. The molecule has 0 bridgehead atoms. The molecule has 1 unspecified atom stereocenters. The largest absolute Gasteiger partial charge is 0.409 e. The lowest BCUT2D eigenvalue weighted by Crippen LogP contribution is -2.37. The number of hydrogen-bond acceptors (Lipinski definition) is 5. The van der Waals surface area contributed by atoms with E-state index in [2.05, 4.69) is 19.8 Å². The lowest BCUT2D eigenvalue weighted by atomic mass is 10.1. The lowest BCUT2D eigenvalue weighted by molar-refractivity contribution is 0.315. The van der Waals surface area contributed by atoms with Crippen LogP contribution in [-0.2, 0) is 10.0 Å². The first-order valence-corrected chi connectivity index (χ1v) is 7.48. The Hall–Kier alpha value is -2.39. The third-order valence-electron chi connectivity index (χ3n) is 2.79. The van der Waals surface area contributed by atoms with Crippen LogP contribution in [0.2, 0.25) is 0 Å². The van der Waals surface area contributed by atoms with Crippen LogP contribution in [0.1, 0.15) is 17.4 Å². The van der Waals surface area contributed by atoms with Crippen LogP contribution in [0, 0.1) is 6.92 Å². The number of benzene rings is 1. The Bertz CT molecular complexity index is 739. The molecule has 0 amide bonds. The summed E-state index contributed by atoms with van der Waals surface area (Å²) in [7, 11) is -3.88. The molecule has 5 N–H and O–H groups in total. The van der Waals surface area contributed by atoms with Crippen LogP contribution in [-0.4, -0.2) is 29.4 Å². The van der Waals surface area contributed by atoms with Crippen LogP contribution in [0.3, 0.4) is 0 Å². The van der Waals surface area contributed by atoms with Gasteiger partial charge in [0.05, 0.1) is 6.20 Å². The van der Waals surface area contributed by atoms with Crippen molar-refractivity contribution < 1.29 is 13.6 Å². The number of aromatic amines is 1. The first-order valence-electron chi connectivity index (χ1n) is 6.00. The molecule has 1 atom stereocenters. The number of imidazole rings is 1. The van der Waals surface area contributed by atoms with Crippen LogP contribution in [0.5, 0.6) is 0 Å². The molecule has 21 heavy (non-hydrogen) atoms. The second kappa shape index (κ2) is 5.94. The van der Waals surface area contributed by atoms with Gasteiger partial charge in [0, 0.05) is 0 Å². The Kier molecular flexibility index (Phi) is 4.24. The number of nitrogens with zero attached hydrogens (tertiary/aromatic N) is 2. The molecule has 0 aliphatic rings. The van der Waals surface area contributed by atoms with Gasteiger partial charge < -0.3 is 15.9 Å². The first-order chi connectivity index (χ1) is 9.94. The molecule has 2 aromatic rings. The molecule has 8 nitrogen and oxygen atoms in total. The third kappa shape index (κ3) is 3.38. The molecule has 0 radical (unpaired) electrons. The average Bonchev–Trinajstić information content (AvgIpc) is 2.92. The van der Waals surface area contributed by atoms with E-state index in [-0.39, 0.29) is 10.9 Å². The van der Waals surface area contributed by atoms with Crippen molar-refractivity contribution in [2.45, 2.75) is 18.0 Å². The molecular weight excluding hydrogens is 294 g/mol. The van der Waals surface area contributed by atoms with Crippen LogP contribution < -0.4 is 10.5 Å². The van der Waals surface area contributed by atoms with Gasteiger partial charge in [0.25, 0.3) is 10.0 Å². The zero-order valence-corrected chi connectivity index (χ0v) is 12.0. The highest BCUT2D eigenvalue weighted by Crippen LogP contribution is 2.16. The Balaban J connectivity index is 2.36. The molecule has 112 valence electrons. The predicted octanol–water partition coefficient (Wildman–Crippen LogP) is 0.484. The predicted molar refractivity (Wildman–Crippen MR) is 76.2 cm³/mol. The fourth-order valence-electron chi connectivity index (χ4n) is 1.76. The van der Waals surface area contributed by atoms with E-state index in [1.54, 1.807) is 37.3 Å². The minimum Gasteiger partial charge on any atom is -0.409 e. The van der Waals surface area contributed by atoms with E-state index >= 15 is 0 Å². The van der Waals surface area contributed by atoms with Crippen LogP contribution >= 0.6 is 0 Å². The number of sulfonamides is 1. The van der Waals surface area contributed by atoms with Crippen molar-refractivity contribution in [3.05, 3.63) is 47.9 Å². The molecule has 0 aliphatic carbocycles. The molecule has 0 fully saturated rings. The zero-order valence-electron chi connectivity index (χ0n) is 11.2. The smallest absolute Gasteiger partial charge is 0.258 e. The third-order valence-corrected chi connectivity index (χ3v) is 4.12. The van der Waals surface area contributed by atoms with Crippen molar-refractivity contribution >= 4 is 15.9 Å². The van der Waals surface area contributed by atoms with Gasteiger partial charge in [-0.05, 0) is 12.5 Å². The second-order valence-electron chi connectivity index (χ2n) is 4.32. The van der Waals surface area contributed by atoms with Gasteiger partial charge in [0.15, 0.2) is 10.9 Å². The van der Waals surface area contributed by atoms with Gasteiger partial charge >= 0.3 is 0 Å². The highest BCUT2D eigenvalue weighted by molar-refractivity contribution is 7.89. The number of oxime groups is 1. The minimum atomic E-state index is -3.88. The van der Waals surface area contributed by atoms with Crippen molar-refractivity contribution in [3.63, 3.8) is 0 Å². The Labute approximate surface area is 121 Å². The van der Waals surface area contributed by atoms with Crippen molar-refractivity contribution in [1.29, 1.82) is 0 Å². The summed E-state index contributed by atoms with van der Waals surface area (Å²) in [5.74, 6) is 0.205. The van der Waals surface area contributed by atoms with E-state index in [9.17, 15) is 8.42 Å². The minimum absolute atomic E-state index is 0.0910. The monoisotopic (exact) mass is 309 g/mol. The molecule has 1 aromatic heterocycles. The number of rotatable bonds is 5. The maximum absolute atomic E-state index is 12.3. The van der Waals surface area contributed by atoms with Crippen molar-refractivity contribution in [2.24, 2.45) is 10.9 Å². The number of amidine groups is 1. The van der Waals surface area contributed by atoms with Gasteiger partial charge in [-0.2, -0.15) is 4.72 Å². The number of hydrogen-bond donors (Lipinski definition) is 4. The highest BCUT2D eigenvalue weighted by Gasteiger charge is 2.25. The summed E-state index contributed by atoms with van der Waals surface area (Å²) in [4.78, 5) is 6.47. The highest BCUT2D eigenvalue weighted by atomic mass is 32.2. The summed E-state index contributed by atoms with van der Waals surface area (Å²) < 4.78 is 26.9. The number of nitrogens with one attached hydrogen (secondary N) is 2. The molecule has 0 saturated carbocycles. The summed E-state index contributed by atoms with van der Waals surface area (Å²) in [6.07, 6.45) is 1.20. The molecule has 0 aliphatic heterocycles. The Morgan fingerprint density at radius 3 is 2.62 bits per heavy atom. The van der Waals surface area contributed by atoms with Gasteiger partial charge in [0.2, 0.25) is 0 Å². The maximum Gasteiger partial charge on any atom is 0.258 e. The van der Waals surface area contributed by atoms with Crippen molar-refractivity contribution in [1.82, 2.24) is 14.7 Å². The molecule has 2 rings (SSSR count). The number of nitrogens with two attached hydrogens (primary N) is 1. The van der Waals surface area contributed by atoms with Crippen LogP contribution in [0.15, 0.2) is 46.7 Å². The lowest BCUT2D eigenvalue weighted by Gasteiger charge is -2.17. The van der Waals surface area contributed by atoms with Gasteiger partial charge in [0.1, 0.15) is 11.9 Å². The molecule has 0 spiro atoms. The number of aryl methyl sites for hydroxylation is 1. The topological polar surface area (TPSA) is 133 Å². The Morgan fingerprint density at radius 1 is 1.43 bits per heavy atom. The standard InChI is InChI=1S/C12H15N5O3S/c1-8-14-7-10(15-8)21(19,20)17-11(12(13)16-18)9-5-3-2-4-6-9/h2-7,11,17-18H,1H3,(H2,13,16)(H,14,15). The zero-order chi connectivity index (χ0) is 15.5. The summed E-state index contributed by atoms with van der Waals surface area (Å²) >= 11 is 0. The van der Waals surface area contributed by atoms with Gasteiger partial charge in [-0.15, -0.1) is 0 Å². The molecule has 1 heterocycles. The van der Waals surface area contributed by atoms with E-state index in [1.807, 2.05) is 0 Å². The van der Waals surface area contributed by atoms with E-state index in [4.69, 9.17) is 10.9 Å². The maximum atomic E-state index is 12.3. The normalized spacial score (nSPS) is 14.0. The molecule has 0 saturated heterocycles. The van der Waals surface area contributed by atoms with E-state index in [0.29, 0.717) is 11.4 Å². The quantitative estimate of drug-likeness (QED) is 0.276. The second-order valence-corrected chi connectivity index (χ2v) is 6.01. The summed E-state index contributed by atoms with van der Waals surface area (Å²) in [6, 6.07) is 7.58. The fourth-order valence-corrected chi connectivity index (χ4v) is 2.92. The van der Waals surface area contributed by atoms with Crippen LogP contribution in [0.25, 0.3) is 0 Å². The number of H-pyrrole nitrogens is 1. The number of aromatic nitrogens is 2. The first kappa shape index (κ1) is 15.0. The fraction of sp³-hybridized carbons (Fsp3) is 0.167. The SMILES string of the molecule is Cc1ncc(S(=O)(=O)NC(C(N)=NO)c2ccccc2)[nH]1. The van der Waals surface area contributed by atoms with E-state index in [1.165, 1.54) is 6.20 Å². The van der Waals surface area contributed by atoms with E-state index in [0.717, 1.165) is 0 Å². The van der Waals surface area contributed by atoms with Gasteiger partial charge in [-0.3, -0.25) is 0 Å². The Morgan fingerprint density at radius 2 is 2.10 bits per heavy atom. The van der Waals surface area contributed by atoms with Crippen molar-refractivity contribution in [2.75, 3.05) is 0 Å². The van der Waals surface area contributed by atoms with E-state index < -0.39 is 16.1 Å². The summed E-state index contributed by atoms with van der Waals surface area (Å²) in [5, 5.41) is 11.6. The van der Waals surface area contributed by atoms with Crippen molar-refractivity contribution in [3.8, 4) is 0 Å². The van der Waals surface area contributed by atoms with Gasteiger partial charge in [-0.25, -0.2) is 13.4 Å². The average molecular weight is 309 g/mol. The molecule has 1 aromatic carbocycles. The summed E-state index contributed by atoms with van der Waals surface area (Å²) in [6.45, 7) is 1.64. The van der Waals surface area contributed by atoms with Gasteiger partial charge in [-0.1, -0.05) is 35.5 Å². The van der Waals surface area contributed by atoms with Crippen LogP contribution in [0.4, 0.5) is 0 Å².